The smallest absolute Gasteiger partial charge is 0.255 e. The van der Waals surface area contributed by atoms with Gasteiger partial charge >= 0.3 is 0 Å². The van der Waals surface area contributed by atoms with Crippen molar-refractivity contribution in [2.24, 2.45) is 0 Å². The molecular formula is C16H18N2O2. The van der Waals surface area contributed by atoms with Crippen molar-refractivity contribution in [3.05, 3.63) is 59.2 Å². The fourth-order valence-corrected chi connectivity index (χ4v) is 2.06. The largest absolute Gasteiger partial charge is 0.508 e. The van der Waals surface area contributed by atoms with Gasteiger partial charge in [0.15, 0.2) is 0 Å². The van der Waals surface area contributed by atoms with Gasteiger partial charge in [0.1, 0.15) is 5.75 Å². The highest BCUT2D eigenvalue weighted by molar-refractivity contribution is 6.05. The molecule has 0 aliphatic rings. The summed E-state index contributed by atoms with van der Waals surface area (Å²) >= 11 is 0. The molecule has 0 saturated heterocycles. The molecule has 0 radical (unpaired) electrons. The van der Waals surface area contributed by atoms with Gasteiger partial charge in [-0.1, -0.05) is 12.1 Å². The number of anilines is 1. The van der Waals surface area contributed by atoms with E-state index < -0.39 is 0 Å². The van der Waals surface area contributed by atoms with Gasteiger partial charge in [0, 0.05) is 17.8 Å². The van der Waals surface area contributed by atoms with Crippen molar-refractivity contribution in [3.8, 4) is 5.75 Å². The molecule has 2 aromatic carbocycles. The van der Waals surface area contributed by atoms with E-state index in [-0.39, 0.29) is 11.7 Å². The van der Waals surface area contributed by atoms with E-state index in [1.165, 1.54) is 6.07 Å². The maximum absolute atomic E-state index is 12.2. The number of nitrogens with one attached hydrogen (secondary N) is 2. The molecule has 1 amide bonds. The van der Waals surface area contributed by atoms with Crippen molar-refractivity contribution in [3.63, 3.8) is 0 Å². The number of hydrogen-bond donors (Lipinski definition) is 3. The van der Waals surface area contributed by atoms with Crippen LogP contribution in [0, 0.1) is 6.92 Å². The van der Waals surface area contributed by atoms with Crippen LogP contribution >= 0.6 is 0 Å². The molecule has 0 atom stereocenters. The third-order valence-corrected chi connectivity index (χ3v) is 3.02. The van der Waals surface area contributed by atoms with Crippen molar-refractivity contribution in [1.82, 2.24) is 5.32 Å². The molecule has 3 N–H and O–H groups in total. The Morgan fingerprint density at radius 2 is 2.00 bits per heavy atom. The van der Waals surface area contributed by atoms with Gasteiger partial charge in [0.05, 0.1) is 0 Å². The third kappa shape index (κ3) is 3.36. The number of amides is 1. The van der Waals surface area contributed by atoms with E-state index in [2.05, 4.69) is 10.6 Å². The van der Waals surface area contributed by atoms with Crippen LogP contribution in [0.3, 0.4) is 0 Å². The monoisotopic (exact) mass is 270 g/mol. The van der Waals surface area contributed by atoms with Crippen molar-refractivity contribution >= 4 is 11.6 Å². The Morgan fingerprint density at radius 1 is 1.20 bits per heavy atom. The summed E-state index contributed by atoms with van der Waals surface area (Å²) in [7, 11) is 1.88. The molecule has 20 heavy (non-hydrogen) atoms. The second-order valence-electron chi connectivity index (χ2n) is 4.68. The van der Waals surface area contributed by atoms with Gasteiger partial charge in [-0.15, -0.1) is 0 Å². The number of aromatic hydroxyl groups is 1. The van der Waals surface area contributed by atoms with Crippen molar-refractivity contribution in [2.75, 3.05) is 12.4 Å². The molecule has 0 aliphatic heterocycles. The van der Waals surface area contributed by atoms with Gasteiger partial charge in [-0.25, -0.2) is 0 Å². The lowest BCUT2D eigenvalue weighted by Crippen LogP contribution is -2.13. The first-order valence-electron chi connectivity index (χ1n) is 6.44. The van der Waals surface area contributed by atoms with Crippen LogP contribution in [0.2, 0.25) is 0 Å². The number of carbonyl (C=O) groups excluding carboxylic acids is 1. The SMILES string of the molecule is CNCc1cccc(NC(=O)c2ccc(O)cc2C)c1. The molecule has 0 aliphatic carbocycles. The van der Waals surface area contributed by atoms with Crippen LogP contribution in [-0.2, 0) is 6.54 Å². The molecule has 0 aromatic heterocycles. The first-order valence-corrected chi connectivity index (χ1v) is 6.44. The van der Waals surface area contributed by atoms with E-state index in [0.29, 0.717) is 5.56 Å². The van der Waals surface area contributed by atoms with E-state index in [9.17, 15) is 9.90 Å². The van der Waals surface area contributed by atoms with Gasteiger partial charge in [-0.3, -0.25) is 4.79 Å². The van der Waals surface area contributed by atoms with E-state index in [1.54, 1.807) is 19.1 Å². The molecule has 0 unspecified atom stereocenters. The van der Waals surface area contributed by atoms with E-state index >= 15 is 0 Å². The summed E-state index contributed by atoms with van der Waals surface area (Å²) in [5.41, 5.74) is 3.17. The molecule has 0 spiro atoms. The zero-order valence-electron chi connectivity index (χ0n) is 11.6. The fraction of sp³-hybridized carbons (Fsp3) is 0.188. The van der Waals surface area contributed by atoms with Crippen LogP contribution in [0.1, 0.15) is 21.5 Å². The molecule has 0 bridgehead atoms. The maximum Gasteiger partial charge on any atom is 0.255 e. The van der Waals surface area contributed by atoms with E-state index in [1.807, 2.05) is 31.3 Å². The quantitative estimate of drug-likeness (QED) is 0.800. The normalized spacial score (nSPS) is 10.3. The van der Waals surface area contributed by atoms with Gasteiger partial charge in [-0.2, -0.15) is 0 Å². The Labute approximate surface area is 118 Å². The summed E-state index contributed by atoms with van der Waals surface area (Å²) in [5.74, 6) is -0.0147. The Balaban J connectivity index is 2.17. The highest BCUT2D eigenvalue weighted by atomic mass is 16.3. The molecule has 2 rings (SSSR count). The Morgan fingerprint density at radius 3 is 2.70 bits per heavy atom. The van der Waals surface area contributed by atoms with Gasteiger partial charge < -0.3 is 15.7 Å². The van der Waals surface area contributed by atoms with E-state index in [4.69, 9.17) is 0 Å². The Kier molecular flexibility index (Phi) is 4.38. The van der Waals surface area contributed by atoms with Crippen molar-refractivity contribution < 1.29 is 9.90 Å². The highest BCUT2D eigenvalue weighted by Gasteiger charge is 2.09. The fourth-order valence-electron chi connectivity index (χ4n) is 2.06. The zero-order chi connectivity index (χ0) is 14.5. The first-order chi connectivity index (χ1) is 9.60. The van der Waals surface area contributed by atoms with Gasteiger partial charge in [0.2, 0.25) is 0 Å². The standard InChI is InChI=1S/C16H18N2O2/c1-11-8-14(19)6-7-15(11)16(20)18-13-5-3-4-12(9-13)10-17-2/h3-9,17,19H,10H2,1-2H3,(H,18,20). The lowest BCUT2D eigenvalue weighted by Gasteiger charge is -2.09. The minimum atomic E-state index is -0.177. The summed E-state index contributed by atoms with van der Waals surface area (Å²) in [6.45, 7) is 2.55. The number of benzene rings is 2. The van der Waals surface area contributed by atoms with Crippen LogP contribution in [0.15, 0.2) is 42.5 Å². The highest BCUT2D eigenvalue weighted by Crippen LogP contribution is 2.18. The molecule has 104 valence electrons. The van der Waals surface area contributed by atoms with Gasteiger partial charge in [0.25, 0.3) is 5.91 Å². The summed E-state index contributed by atoms with van der Waals surface area (Å²) in [5, 5.41) is 15.3. The summed E-state index contributed by atoms with van der Waals surface area (Å²) in [6, 6.07) is 12.4. The Bertz CT molecular complexity index is 624. The maximum atomic E-state index is 12.2. The molecular weight excluding hydrogens is 252 g/mol. The second-order valence-corrected chi connectivity index (χ2v) is 4.68. The minimum Gasteiger partial charge on any atom is -0.508 e. The number of aryl methyl sites for hydroxylation is 1. The lowest BCUT2D eigenvalue weighted by atomic mass is 10.1. The number of hydrogen-bond acceptors (Lipinski definition) is 3. The molecule has 0 saturated carbocycles. The zero-order valence-corrected chi connectivity index (χ0v) is 11.6. The number of phenols is 1. The third-order valence-electron chi connectivity index (χ3n) is 3.02. The molecule has 2 aromatic rings. The van der Waals surface area contributed by atoms with Crippen LogP contribution in [0.25, 0.3) is 0 Å². The topological polar surface area (TPSA) is 61.4 Å². The lowest BCUT2D eigenvalue weighted by molar-refractivity contribution is 0.102. The summed E-state index contributed by atoms with van der Waals surface area (Å²) in [4.78, 5) is 12.2. The van der Waals surface area contributed by atoms with Crippen LogP contribution in [0.4, 0.5) is 5.69 Å². The molecule has 0 heterocycles. The van der Waals surface area contributed by atoms with Crippen LogP contribution in [0.5, 0.6) is 5.75 Å². The average molecular weight is 270 g/mol. The van der Waals surface area contributed by atoms with E-state index in [0.717, 1.165) is 23.4 Å². The van der Waals surface area contributed by atoms with Gasteiger partial charge in [-0.05, 0) is 55.4 Å². The first kappa shape index (κ1) is 14.1. The number of rotatable bonds is 4. The summed E-state index contributed by atoms with van der Waals surface area (Å²) in [6.07, 6.45) is 0. The Hall–Kier alpha value is -2.33. The second kappa shape index (κ2) is 6.21. The molecule has 0 fully saturated rings. The molecule has 4 nitrogen and oxygen atoms in total. The molecule has 4 heteroatoms. The number of phenolic OH excluding ortho intramolecular Hbond substituents is 1. The predicted octanol–water partition coefficient (Wildman–Crippen LogP) is 2.67. The van der Waals surface area contributed by atoms with Crippen LogP contribution in [-0.4, -0.2) is 18.1 Å². The van der Waals surface area contributed by atoms with Crippen molar-refractivity contribution in [1.29, 1.82) is 0 Å². The van der Waals surface area contributed by atoms with Crippen molar-refractivity contribution in [2.45, 2.75) is 13.5 Å². The van der Waals surface area contributed by atoms with Crippen LogP contribution < -0.4 is 10.6 Å². The minimum absolute atomic E-state index is 0.162. The predicted molar refractivity (Wildman–Crippen MR) is 80.0 cm³/mol. The average Bonchev–Trinajstić information content (AvgIpc) is 2.39. The summed E-state index contributed by atoms with van der Waals surface area (Å²) < 4.78 is 0. The number of carbonyl (C=O) groups is 1.